The molecule has 4 N–H and O–H groups in total. The maximum atomic E-state index is 12.4. The van der Waals surface area contributed by atoms with Crippen molar-refractivity contribution >= 4 is 23.9 Å². The van der Waals surface area contributed by atoms with E-state index in [-0.39, 0.29) is 25.1 Å². The number of hydrogen-bond acceptors (Lipinski definition) is 5. The summed E-state index contributed by atoms with van der Waals surface area (Å²) in [5, 5.41) is 16.4. The van der Waals surface area contributed by atoms with Crippen molar-refractivity contribution in [2.24, 2.45) is 0 Å². The zero-order valence-electron chi connectivity index (χ0n) is 18.5. The third-order valence-corrected chi connectivity index (χ3v) is 5.20. The van der Waals surface area contributed by atoms with E-state index < -0.39 is 36.3 Å². The van der Waals surface area contributed by atoms with Crippen molar-refractivity contribution in [1.82, 2.24) is 16.0 Å². The van der Waals surface area contributed by atoms with Gasteiger partial charge in [-0.15, -0.1) is 0 Å². The molecule has 2 aromatic carbocycles. The quantitative estimate of drug-likeness (QED) is 0.459. The lowest BCUT2D eigenvalue weighted by Crippen LogP contribution is -2.50. The van der Waals surface area contributed by atoms with Crippen LogP contribution in [-0.2, 0) is 19.1 Å². The highest BCUT2D eigenvalue weighted by Gasteiger charge is 2.30. The fourth-order valence-electron chi connectivity index (χ4n) is 3.83. The van der Waals surface area contributed by atoms with E-state index in [2.05, 4.69) is 16.0 Å². The number of benzene rings is 2. The fourth-order valence-corrected chi connectivity index (χ4v) is 3.83. The predicted octanol–water partition coefficient (Wildman–Crippen LogP) is 2.01. The molecule has 0 spiro atoms. The normalized spacial score (nSPS) is 12.9. The van der Waals surface area contributed by atoms with Gasteiger partial charge in [-0.2, -0.15) is 0 Å². The highest BCUT2D eigenvalue weighted by Crippen LogP contribution is 2.44. The molecule has 33 heavy (non-hydrogen) atoms. The van der Waals surface area contributed by atoms with E-state index >= 15 is 0 Å². The molecule has 1 aliphatic rings. The number of alkyl carbamates (subject to hydrolysis) is 1. The number of carbonyl (C=O) groups is 4. The standard InChI is InChI=1S/C24H27N3O6/c1-14(2)26-21(28)12-25-23(31)20(11-22(29)30)27-24(32)33-13-19-17-9-5-3-7-15(17)16-8-4-6-10-18(16)19/h3-10,14,19-20H,11-13H2,1-2H3,(H,25,31)(H,26,28)(H,27,32)(H,29,30). The Hall–Kier alpha value is -3.88. The molecule has 0 saturated heterocycles. The Morgan fingerprint density at radius 2 is 1.52 bits per heavy atom. The number of nitrogens with one attached hydrogen (secondary N) is 3. The molecule has 2 aromatic rings. The maximum absolute atomic E-state index is 12.4. The van der Waals surface area contributed by atoms with E-state index in [1.807, 2.05) is 48.5 Å². The summed E-state index contributed by atoms with van der Waals surface area (Å²) in [6.07, 6.45) is -1.56. The minimum absolute atomic E-state index is 0.0259. The van der Waals surface area contributed by atoms with Crippen LogP contribution >= 0.6 is 0 Å². The summed E-state index contributed by atoms with van der Waals surface area (Å²) in [7, 11) is 0. The molecule has 9 nitrogen and oxygen atoms in total. The number of carbonyl (C=O) groups excluding carboxylic acids is 3. The first-order valence-electron chi connectivity index (χ1n) is 10.7. The van der Waals surface area contributed by atoms with Crippen molar-refractivity contribution in [2.45, 2.75) is 38.3 Å². The van der Waals surface area contributed by atoms with Crippen molar-refractivity contribution in [1.29, 1.82) is 0 Å². The van der Waals surface area contributed by atoms with Crippen LogP contribution in [0.1, 0.15) is 37.3 Å². The van der Waals surface area contributed by atoms with Gasteiger partial charge in [0.15, 0.2) is 0 Å². The van der Waals surface area contributed by atoms with Crippen LogP contribution in [0.15, 0.2) is 48.5 Å². The Kier molecular flexibility index (Phi) is 7.66. The smallest absolute Gasteiger partial charge is 0.407 e. The Labute approximate surface area is 191 Å². The van der Waals surface area contributed by atoms with E-state index in [9.17, 15) is 19.2 Å². The molecule has 1 aliphatic carbocycles. The van der Waals surface area contributed by atoms with Gasteiger partial charge in [0.25, 0.3) is 0 Å². The van der Waals surface area contributed by atoms with Gasteiger partial charge in [0.05, 0.1) is 13.0 Å². The van der Waals surface area contributed by atoms with Crippen LogP contribution in [0.25, 0.3) is 11.1 Å². The summed E-state index contributed by atoms with van der Waals surface area (Å²) in [6.45, 7) is 3.23. The second-order valence-corrected chi connectivity index (χ2v) is 8.06. The highest BCUT2D eigenvalue weighted by atomic mass is 16.5. The van der Waals surface area contributed by atoms with Gasteiger partial charge in [0.1, 0.15) is 12.6 Å². The third-order valence-electron chi connectivity index (χ3n) is 5.20. The van der Waals surface area contributed by atoms with Gasteiger partial charge in [0, 0.05) is 12.0 Å². The van der Waals surface area contributed by atoms with Crippen molar-refractivity contribution in [3.05, 3.63) is 59.7 Å². The highest BCUT2D eigenvalue weighted by molar-refractivity contribution is 5.92. The molecule has 0 fully saturated rings. The molecule has 0 saturated carbocycles. The van der Waals surface area contributed by atoms with Gasteiger partial charge in [-0.05, 0) is 36.1 Å². The molecule has 0 heterocycles. The summed E-state index contributed by atoms with van der Waals surface area (Å²) in [5.74, 6) is -2.66. The van der Waals surface area contributed by atoms with E-state index in [1.54, 1.807) is 13.8 Å². The van der Waals surface area contributed by atoms with Crippen molar-refractivity contribution in [2.75, 3.05) is 13.2 Å². The van der Waals surface area contributed by atoms with Crippen LogP contribution in [0.2, 0.25) is 0 Å². The molecular formula is C24H27N3O6. The number of amides is 3. The van der Waals surface area contributed by atoms with E-state index in [4.69, 9.17) is 9.84 Å². The lowest BCUT2D eigenvalue weighted by Gasteiger charge is -2.19. The number of rotatable bonds is 9. The molecule has 0 radical (unpaired) electrons. The van der Waals surface area contributed by atoms with Crippen molar-refractivity contribution < 1.29 is 29.0 Å². The SMILES string of the molecule is CC(C)NC(=O)CNC(=O)C(CC(=O)O)NC(=O)OCC1c2ccccc2-c2ccccc21. The number of carboxylic acids is 1. The van der Waals surface area contributed by atoms with Gasteiger partial charge >= 0.3 is 12.1 Å². The van der Waals surface area contributed by atoms with Crippen LogP contribution in [0.4, 0.5) is 4.79 Å². The van der Waals surface area contributed by atoms with Crippen LogP contribution in [0.5, 0.6) is 0 Å². The monoisotopic (exact) mass is 453 g/mol. The number of fused-ring (bicyclic) bond motifs is 3. The van der Waals surface area contributed by atoms with Crippen LogP contribution < -0.4 is 16.0 Å². The van der Waals surface area contributed by atoms with Gasteiger partial charge in [0.2, 0.25) is 11.8 Å². The molecular weight excluding hydrogens is 426 g/mol. The van der Waals surface area contributed by atoms with E-state index in [0.717, 1.165) is 22.3 Å². The largest absolute Gasteiger partial charge is 0.481 e. The van der Waals surface area contributed by atoms with Gasteiger partial charge in [-0.3, -0.25) is 14.4 Å². The number of carboxylic acid groups (broad SMARTS) is 1. The molecule has 3 rings (SSSR count). The zero-order chi connectivity index (χ0) is 24.0. The molecule has 1 unspecified atom stereocenters. The number of hydrogen-bond donors (Lipinski definition) is 4. The minimum Gasteiger partial charge on any atom is -0.481 e. The third kappa shape index (κ3) is 6.09. The topological polar surface area (TPSA) is 134 Å². The number of aliphatic carboxylic acids is 1. The molecule has 174 valence electrons. The summed E-state index contributed by atoms with van der Waals surface area (Å²) in [5.41, 5.74) is 4.21. The summed E-state index contributed by atoms with van der Waals surface area (Å²) >= 11 is 0. The first-order chi connectivity index (χ1) is 15.8. The van der Waals surface area contributed by atoms with Crippen LogP contribution in [0, 0.1) is 0 Å². The first kappa shape index (κ1) is 23.8. The van der Waals surface area contributed by atoms with Crippen LogP contribution in [0.3, 0.4) is 0 Å². The first-order valence-corrected chi connectivity index (χ1v) is 10.7. The molecule has 0 aromatic heterocycles. The van der Waals surface area contributed by atoms with Gasteiger partial charge in [-0.1, -0.05) is 48.5 Å². The summed E-state index contributed by atoms with van der Waals surface area (Å²) < 4.78 is 5.38. The lowest BCUT2D eigenvalue weighted by atomic mass is 9.98. The molecule has 0 bridgehead atoms. The Bertz CT molecular complexity index is 1010. The molecule has 1 atom stereocenters. The number of ether oxygens (including phenoxy) is 1. The van der Waals surface area contributed by atoms with Crippen LogP contribution in [-0.4, -0.2) is 54.2 Å². The summed E-state index contributed by atoms with van der Waals surface area (Å²) in [4.78, 5) is 47.7. The fraction of sp³-hybridized carbons (Fsp3) is 0.333. The maximum Gasteiger partial charge on any atom is 0.407 e. The van der Waals surface area contributed by atoms with E-state index in [1.165, 1.54) is 0 Å². The molecule has 9 heteroatoms. The average Bonchev–Trinajstić information content (AvgIpc) is 3.08. The van der Waals surface area contributed by atoms with E-state index in [0.29, 0.717) is 0 Å². The Morgan fingerprint density at radius 3 is 2.06 bits per heavy atom. The average molecular weight is 453 g/mol. The molecule has 3 amide bonds. The minimum atomic E-state index is -1.38. The van der Waals surface area contributed by atoms with Crippen molar-refractivity contribution in [3.8, 4) is 11.1 Å². The Balaban J connectivity index is 1.61. The van der Waals surface area contributed by atoms with Crippen molar-refractivity contribution in [3.63, 3.8) is 0 Å². The zero-order valence-corrected chi connectivity index (χ0v) is 18.5. The summed E-state index contributed by atoms with van der Waals surface area (Å²) in [6, 6.07) is 14.2. The molecule has 0 aliphatic heterocycles. The lowest BCUT2D eigenvalue weighted by molar-refractivity contribution is -0.139. The van der Waals surface area contributed by atoms with Gasteiger partial charge < -0.3 is 25.8 Å². The predicted molar refractivity (Wildman–Crippen MR) is 121 cm³/mol. The Morgan fingerprint density at radius 1 is 0.939 bits per heavy atom. The second-order valence-electron chi connectivity index (χ2n) is 8.06. The van der Waals surface area contributed by atoms with Gasteiger partial charge in [-0.25, -0.2) is 4.79 Å². The second kappa shape index (κ2) is 10.6.